The maximum absolute atomic E-state index is 10.9. The van der Waals surface area contributed by atoms with Crippen LogP contribution in [0.3, 0.4) is 0 Å². The second-order valence-corrected chi connectivity index (χ2v) is 3.86. The van der Waals surface area contributed by atoms with Gasteiger partial charge in [-0.25, -0.2) is 0 Å². The van der Waals surface area contributed by atoms with Crippen LogP contribution in [0.4, 0.5) is 0 Å². The zero-order valence-electron chi connectivity index (χ0n) is 8.49. The van der Waals surface area contributed by atoms with Gasteiger partial charge in [0.15, 0.2) is 0 Å². The van der Waals surface area contributed by atoms with Gasteiger partial charge in [-0.05, 0) is 23.5 Å². The molecule has 14 heavy (non-hydrogen) atoms. The van der Waals surface area contributed by atoms with Crippen LogP contribution in [-0.4, -0.2) is 5.97 Å². The van der Waals surface area contributed by atoms with Gasteiger partial charge in [0.1, 0.15) is 6.10 Å². The Morgan fingerprint density at radius 2 is 2.00 bits per heavy atom. The molecule has 2 nitrogen and oxygen atoms in total. The number of esters is 1. The van der Waals surface area contributed by atoms with Crippen LogP contribution in [0.2, 0.25) is 0 Å². The fourth-order valence-corrected chi connectivity index (χ4v) is 2.14. The number of carbonyl (C=O) groups is 1. The van der Waals surface area contributed by atoms with Gasteiger partial charge in [-0.1, -0.05) is 31.2 Å². The summed E-state index contributed by atoms with van der Waals surface area (Å²) in [4.78, 5) is 10.9. The molecule has 0 aliphatic heterocycles. The maximum Gasteiger partial charge on any atom is 0.303 e. The number of carbonyl (C=O) groups excluding carboxylic acids is 1. The van der Waals surface area contributed by atoms with Gasteiger partial charge >= 0.3 is 5.97 Å². The second kappa shape index (κ2) is 3.45. The summed E-state index contributed by atoms with van der Waals surface area (Å²) in [7, 11) is 0. The molecule has 0 spiro atoms. The van der Waals surface area contributed by atoms with Gasteiger partial charge in [-0.2, -0.15) is 0 Å². The molecule has 2 rings (SSSR count). The van der Waals surface area contributed by atoms with Crippen molar-refractivity contribution in [2.75, 3.05) is 0 Å². The summed E-state index contributed by atoms with van der Waals surface area (Å²) in [5, 5.41) is 0. The van der Waals surface area contributed by atoms with E-state index in [0.29, 0.717) is 5.92 Å². The summed E-state index contributed by atoms with van der Waals surface area (Å²) < 4.78 is 5.27. The van der Waals surface area contributed by atoms with Crippen LogP contribution < -0.4 is 0 Å². The van der Waals surface area contributed by atoms with Gasteiger partial charge in [0.25, 0.3) is 0 Å². The minimum Gasteiger partial charge on any atom is -0.458 e. The Bertz CT molecular complexity index is 357. The molecule has 2 atom stereocenters. The molecule has 0 radical (unpaired) electrons. The Balaban J connectivity index is 2.29. The lowest BCUT2D eigenvalue weighted by Gasteiger charge is -2.11. The van der Waals surface area contributed by atoms with Crippen molar-refractivity contribution in [3.63, 3.8) is 0 Å². The Morgan fingerprint density at radius 1 is 1.36 bits per heavy atom. The van der Waals surface area contributed by atoms with E-state index in [9.17, 15) is 4.79 Å². The number of ether oxygens (including phenoxy) is 1. The van der Waals surface area contributed by atoms with Crippen molar-refractivity contribution in [2.24, 2.45) is 0 Å². The van der Waals surface area contributed by atoms with Crippen LogP contribution in [0.15, 0.2) is 24.3 Å². The second-order valence-electron chi connectivity index (χ2n) is 3.86. The van der Waals surface area contributed by atoms with E-state index in [-0.39, 0.29) is 12.1 Å². The van der Waals surface area contributed by atoms with Crippen LogP contribution in [-0.2, 0) is 9.53 Å². The summed E-state index contributed by atoms with van der Waals surface area (Å²) in [5.74, 6) is 0.300. The fraction of sp³-hybridized carbons (Fsp3) is 0.417. The first kappa shape index (κ1) is 9.25. The van der Waals surface area contributed by atoms with Gasteiger partial charge in [0.2, 0.25) is 0 Å². The standard InChI is InChI=1S/C12H14O2/c1-8-7-12(14-9(2)13)11-6-4-3-5-10(8)11/h3-6,8,12H,7H2,1-2H3. The molecule has 0 N–H and O–H groups in total. The summed E-state index contributed by atoms with van der Waals surface area (Å²) in [6.07, 6.45) is 0.887. The van der Waals surface area contributed by atoms with E-state index >= 15 is 0 Å². The Hall–Kier alpha value is -1.31. The van der Waals surface area contributed by atoms with Crippen molar-refractivity contribution in [1.29, 1.82) is 0 Å². The number of fused-ring (bicyclic) bond motifs is 1. The molecular weight excluding hydrogens is 176 g/mol. The molecule has 0 amide bonds. The molecule has 1 aliphatic carbocycles. The smallest absolute Gasteiger partial charge is 0.303 e. The molecule has 1 aromatic carbocycles. The molecule has 0 aromatic heterocycles. The van der Waals surface area contributed by atoms with Crippen LogP contribution in [0, 0.1) is 0 Å². The molecule has 1 aliphatic rings. The van der Waals surface area contributed by atoms with Crippen LogP contribution in [0.25, 0.3) is 0 Å². The highest BCUT2D eigenvalue weighted by molar-refractivity contribution is 5.66. The third kappa shape index (κ3) is 1.52. The number of rotatable bonds is 1. The highest BCUT2D eigenvalue weighted by Gasteiger charge is 2.29. The molecular formula is C12H14O2. The SMILES string of the molecule is CC(=O)OC1CC(C)c2ccccc21. The Morgan fingerprint density at radius 3 is 2.64 bits per heavy atom. The first-order valence-corrected chi connectivity index (χ1v) is 4.94. The molecule has 0 bridgehead atoms. The third-order valence-corrected chi connectivity index (χ3v) is 2.75. The van der Waals surface area contributed by atoms with E-state index in [4.69, 9.17) is 4.74 Å². The van der Waals surface area contributed by atoms with E-state index in [0.717, 1.165) is 6.42 Å². The maximum atomic E-state index is 10.9. The van der Waals surface area contributed by atoms with Gasteiger partial charge in [-0.15, -0.1) is 0 Å². The zero-order chi connectivity index (χ0) is 10.1. The van der Waals surface area contributed by atoms with Crippen LogP contribution >= 0.6 is 0 Å². The summed E-state index contributed by atoms with van der Waals surface area (Å²) in [6.45, 7) is 3.63. The van der Waals surface area contributed by atoms with Crippen LogP contribution in [0.5, 0.6) is 0 Å². The van der Waals surface area contributed by atoms with Crippen molar-refractivity contribution in [2.45, 2.75) is 32.3 Å². The largest absolute Gasteiger partial charge is 0.458 e. The highest BCUT2D eigenvalue weighted by Crippen LogP contribution is 2.41. The summed E-state index contributed by atoms with van der Waals surface area (Å²) in [6, 6.07) is 8.19. The Labute approximate surface area is 83.9 Å². The van der Waals surface area contributed by atoms with Crippen molar-refractivity contribution < 1.29 is 9.53 Å². The average molecular weight is 190 g/mol. The predicted octanol–water partition coefficient (Wildman–Crippen LogP) is 2.80. The van der Waals surface area contributed by atoms with Gasteiger partial charge in [0.05, 0.1) is 0 Å². The number of hydrogen-bond acceptors (Lipinski definition) is 2. The lowest BCUT2D eigenvalue weighted by molar-refractivity contribution is -0.146. The highest BCUT2D eigenvalue weighted by atomic mass is 16.5. The quantitative estimate of drug-likeness (QED) is 0.636. The molecule has 2 unspecified atom stereocenters. The molecule has 0 heterocycles. The predicted molar refractivity (Wildman–Crippen MR) is 54.0 cm³/mol. The average Bonchev–Trinajstić information content (AvgIpc) is 2.44. The Kier molecular flexibility index (Phi) is 2.28. The molecule has 74 valence electrons. The van der Waals surface area contributed by atoms with Crippen molar-refractivity contribution in [3.05, 3.63) is 35.4 Å². The monoisotopic (exact) mass is 190 g/mol. The zero-order valence-corrected chi connectivity index (χ0v) is 8.49. The van der Waals surface area contributed by atoms with Gasteiger partial charge < -0.3 is 4.74 Å². The summed E-state index contributed by atoms with van der Waals surface area (Å²) >= 11 is 0. The fourth-order valence-electron chi connectivity index (χ4n) is 2.14. The van der Waals surface area contributed by atoms with E-state index in [1.54, 1.807) is 0 Å². The topological polar surface area (TPSA) is 26.3 Å². The van der Waals surface area contributed by atoms with Gasteiger partial charge in [-0.3, -0.25) is 4.79 Å². The molecule has 1 aromatic rings. The molecule has 0 fully saturated rings. The van der Waals surface area contributed by atoms with Crippen molar-refractivity contribution in [3.8, 4) is 0 Å². The lowest BCUT2D eigenvalue weighted by atomic mass is 10.0. The van der Waals surface area contributed by atoms with E-state index < -0.39 is 0 Å². The minimum absolute atomic E-state index is 0.0290. The van der Waals surface area contributed by atoms with Gasteiger partial charge in [0, 0.05) is 6.92 Å². The van der Waals surface area contributed by atoms with Crippen molar-refractivity contribution in [1.82, 2.24) is 0 Å². The molecule has 0 saturated heterocycles. The van der Waals surface area contributed by atoms with Crippen LogP contribution in [0.1, 0.15) is 43.4 Å². The van der Waals surface area contributed by atoms with E-state index in [1.807, 2.05) is 18.2 Å². The summed E-state index contributed by atoms with van der Waals surface area (Å²) in [5.41, 5.74) is 2.49. The first-order chi connectivity index (χ1) is 6.68. The molecule has 2 heteroatoms. The number of hydrogen-bond donors (Lipinski definition) is 0. The van der Waals surface area contributed by atoms with E-state index in [2.05, 4.69) is 13.0 Å². The third-order valence-electron chi connectivity index (χ3n) is 2.75. The van der Waals surface area contributed by atoms with E-state index in [1.165, 1.54) is 18.1 Å². The number of benzene rings is 1. The first-order valence-electron chi connectivity index (χ1n) is 4.94. The lowest BCUT2D eigenvalue weighted by Crippen LogP contribution is -2.04. The van der Waals surface area contributed by atoms with Crippen molar-refractivity contribution >= 4 is 5.97 Å². The minimum atomic E-state index is -0.195. The molecule has 0 saturated carbocycles. The normalized spacial score (nSPS) is 24.4.